The van der Waals surface area contributed by atoms with Crippen LogP contribution in [0.5, 0.6) is 0 Å². The zero-order valence-corrected chi connectivity index (χ0v) is 20.3. The van der Waals surface area contributed by atoms with Crippen LogP contribution in [0.1, 0.15) is 38.8 Å². The van der Waals surface area contributed by atoms with E-state index in [0.717, 1.165) is 36.7 Å². The van der Waals surface area contributed by atoms with Crippen molar-refractivity contribution in [1.82, 2.24) is 15.1 Å². The number of nitrogens with zero attached hydrogens (tertiary/aromatic N) is 3. The summed E-state index contributed by atoms with van der Waals surface area (Å²) >= 11 is 0. The molecule has 0 unspecified atom stereocenters. The highest BCUT2D eigenvalue weighted by Crippen LogP contribution is 2.10. The molecule has 0 spiro atoms. The second-order valence-electron chi connectivity index (χ2n) is 7.02. The quantitative estimate of drug-likeness (QED) is 0.340. The molecule has 1 aromatic rings. The molecule has 29 heavy (non-hydrogen) atoms. The Bertz CT molecular complexity index is 647. The fourth-order valence-corrected chi connectivity index (χ4v) is 2.99. The predicted octanol–water partition coefficient (Wildman–Crippen LogP) is 3.47. The van der Waals surface area contributed by atoms with E-state index in [1.807, 2.05) is 20.8 Å². The van der Waals surface area contributed by atoms with Gasteiger partial charge in [-0.1, -0.05) is 24.3 Å². The zero-order chi connectivity index (χ0) is 20.4. The molecule has 1 saturated heterocycles. The first kappa shape index (κ1) is 25.5. The highest BCUT2D eigenvalue weighted by Gasteiger charge is 2.23. The molecule has 0 aliphatic carbocycles. The Morgan fingerprint density at radius 1 is 1.14 bits per heavy atom. The number of carbonyl (C=O) groups is 1. The van der Waals surface area contributed by atoms with Crippen LogP contribution in [0.25, 0.3) is 0 Å². The van der Waals surface area contributed by atoms with Gasteiger partial charge in [0.1, 0.15) is 0 Å². The van der Waals surface area contributed by atoms with E-state index in [-0.39, 0.29) is 36.2 Å². The molecular weight excluding hydrogens is 483 g/mol. The smallest absolute Gasteiger partial charge is 0.409 e. The largest absolute Gasteiger partial charge is 0.450 e. The van der Waals surface area contributed by atoms with Gasteiger partial charge in [-0.15, -0.1) is 24.0 Å². The minimum absolute atomic E-state index is 0. The number of hydrogen-bond donors (Lipinski definition) is 1. The van der Waals surface area contributed by atoms with Crippen LogP contribution < -0.4 is 5.32 Å². The lowest BCUT2D eigenvalue weighted by molar-refractivity contribution is 0.0657. The van der Waals surface area contributed by atoms with E-state index in [9.17, 15) is 4.79 Å². The van der Waals surface area contributed by atoms with E-state index in [1.165, 1.54) is 0 Å². The number of halogens is 1. The van der Waals surface area contributed by atoms with Crippen molar-refractivity contribution in [2.75, 3.05) is 39.3 Å². The molecule has 2 rings (SSSR count). The lowest BCUT2D eigenvalue weighted by Crippen LogP contribution is -2.53. The molecule has 1 amide bonds. The Hall–Kier alpha value is -1.55. The van der Waals surface area contributed by atoms with E-state index in [2.05, 4.69) is 41.4 Å². The maximum atomic E-state index is 11.9. The van der Waals surface area contributed by atoms with Crippen molar-refractivity contribution in [2.24, 2.45) is 4.99 Å². The van der Waals surface area contributed by atoms with Gasteiger partial charge in [-0.25, -0.2) is 9.79 Å². The van der Waals surface area contributed by atoms with Gasteiger partial charge in [0.05, 0.1) is 25.9 Å². The van der Waals surface area contributed by atoms with Crippen LogP contribution in [0.4, 0.5) is 4.79 Å². The van der Waals surface area contributed by atoms with Crippen LogP contribution in [0.15, 0.2) is 29.3 Å². The fraction of sp³-hybridized carbons (Fsp3) is 0.619. The monoisotopic (exact) mass is 518 g/mol. The van der Waals surface area contributed by atoms with Gasteiger partial charge in [-0.2, -0.15) is 0 Å². The average molecular weight is 518 g/mol. The zero-order valence-electron chi connectivity index (χ0n) is 18.0. The summed E-state index contributed by atoms with van der Waals surface area (Å²) in [5.41, 5.74) is 2.32. The Morgan fingerprint density at radius 2 is 1.79 bits per heavy atom. The molecule has 164 valence electrons. The maximum absolute atomic E-state index is 11.9. The SMILES string of the molecule is CCNC(=NCc1cccc(COC(C)C)c1)N1CCN(C(=O)OCC)CC1.I. The van der Waals surface area contributed by atoms with E-state index in [1.54, 1.807) is 4.90 Å². The third kappa shape index (κ3) is 8.77. The first-order valence-corrected chi connectivity index (χ1v) is 10.2. The Balaban J connectivity index is 0.00000420. The normalized spacial score (nSPS) is 14.6. The van der Waals surface area contributed by atoms with Gasteiger partial charge in [0.25, 0.3) is 0 Å². The molecular formula is C21H35IN4O3. The number of nitrogens with one attached hydrogen (secondary N) is 1. The summed E-state index contributed by atoms with van der Waals surface area (Å²) in [6.07, 6.45) is -0.0140. The van der Waals surface area contributed by atoms with Crippen molar-refractivity contribution in [2.45, 2.75) is 47.0 Å². The number of hydrogen-bond acceptors (Lipinski definition) is 4. The molecule has 1 heterocycles. The predicted molar refractivity (Wildman–Crippen MR) is 127 cm³/mol. The number of piperazine rings is 1. The molecule has 0 saturated carbocycles. The molecule has 8 heteroatoms. The topological polar surface area (TPSA) is 66.4 Å². The van der Waals surface area contributed by atoms with Crippen molar-refractivity contribution in [3.05, 3.63) is 35.4 Å². The van der Waals surface area contributed by atoms with E-state index in [4.69, 9.17) is 14.5 Å². The number of aliphatic imine (C=N–C) groups is 1. The molecule has 1 aliphatic heterocycles. The molecule has 1 aromatic carbocycles. The summed E-state index contributed by atoms with van der Waals surface area (Å²) in [5.74, 6) is 0.884. The van der Waals surface area contributed by atoms with Crippen LogP contribution in [0.3, 0.4) is 0 Å². The Labute approximate surface area is 191 Å². The molecule has 0 aromatic heterocycles. The molecule has 7 nitrogen and oxygen atoms in total. The number of ether oxygens (including phenoxy) is 2. The van der Waals surface area contributed by atoms with E-state index >= 15 is 0 Å². The van der Waals surface area contributed by atoms with Crippen molar-refractivity contribution in [1.29, 1.82) is 0 Å². The van der Waals surface area contributed by atoms with Crippen molar-refractivity contribution < 1.29 is 14.3 Å². The van der Waals surface area contributed by atoms with Crippen molar-refractivity contribution >= 4 is 36.0 Å². The number of carbonyl (C=O) groups excluding carboxylic acids is 1. The second kappa shape index (κ2) is 13.6. The highest BCUT2D eigenvalue weighted by molar-refractivity contribution is 14.0. The summed E-state index contributed by atoms with van der Waals surface area (Å²) in [4.78, 5) is 20.6. The Kier molecular flexibility index (Phi) is 12.0. The van der Waals surface area contributed by atoms with Gasteiger partial charge >= 0.3 is 6.09 Å². The van der Waals surface area contributed by atoms with Crippen LogP contribution in [0.2, 0.25) is 0 Å². The third-order valence-corrected chi connectivity index (χ3v) is 4.43. The highest BCUT2D eigenvalue weighted by atomic mass is 127. The summed E-state index contributed by atoms with van der Waals surface area (Å²) in [5, 5.41) is 3.36. The van der Waals surface area contributed by atoms with E-state index in [0.29, 0.717) is 32.8 Å². The van der Waals surface area contributed by atoms with Crippen LogP contribution in [-0.4, -0.2) is 67.3 Å². The van der Waals surface area contributed by atoms with Crippen LogP contribution in [-0.2, 0) is 22.6 Å². The van der Waals surface area contributed by atoms with Gasteiger partial charge < -0.3 is 24.6 Å². The van der Waals surface area contributed by atoms with E-state index < -0.39 is 0 Å². The molecule has 1 aliphatic rings. The maximum Gasteiger partial charge on any atom is 0.409 e. The van der Waals surface area contributed by atoms with Crippen molar-refractivity contribution in [3.63, 3.8) is 0 Å². The van der Waals surface area contributed by atoms with Gasteiger partial charge in [0, 0.05) is 32.7 Å². The molecule has 0 radical (unpaired) electrons. The molecule has 0 bridgehead atoms. The number of amides is 1. The van der Waals surface area contributed by atoms with Gasteiger partial charge in [-0.05, 0) is 38.8 Å². The summed E-state index contributed by atoms with van der Waals surface area (Å²) in [7, 11) is 0. The van der Waals surface area contributed by atoms with Gasteiger partial charge in [0.2, 0.25) is 0 Å². The molecule has 1 fully saturated rings. The number of guanidine groups is 1. The minimum atomic E-state index is -0.232. The third-order valence-electron chi connectivity index (χ3n) is 4.43. The minimum Gasteiger partial charge on any atom is -0.450 e. The van der Waals surface area contributed by atoms with Gasteiger partial charge in [0.15, 0.2) is 5.96 Å². The first-order valence-electron chi connectivity index (χ1n) is 10.2. The summed E-state index contributed by atoms with van der Waals surface area (Å²) < 4.78 is 10.8. The first-order chi connectivity index (χ1) is 13.5. The summed E-state index contributed by atoms with van der Waals surface area (Å²) in [6.45, 7) is 13.2. The average Bonchev–Trinajstić information content (AvgIpc) is 2.70. The number of benzene rings is 1. The standard InChI is InChI=1S/C21H34N4O3.HI/c1-5-22-20(24-10-12-25(13-11-24)21(26)27-6-2)23-15-18-8-7-9-19(14-18)16-28-17(3)4;/h7-9,14,17H,5-6,10-13,15-16H2,1-4H3,(H,22,23);1H. The van der Waals surface area contributed by atoms with Crippen molar-refractivity contribution in [3.8, 4) is 0 Å². The van der Waals surface area contributed by atoms with Crippen LogP contribution >= 0.6 is 24.0 Å². The van der Waals surface area contributed by atoms with Crippen LogP contribution in [0, 0.1) is 0 Å². The van der Waals surface area contributed by atoms with Gasteiger partial charge in [-0.3, -0.25) is 0 Å². The lowest BCUT2D eigenvalue weighted by Gasteiger charge is -2.35. The second-order valence-corrected chi connectivity index (χ2v) is 7.02. The summed E-state index contributed by atoms with van der Waals surface area (Å²) in [6, 6.07) is 8.36. The lowest BCUT2D eigenvalue weighted by atomic mass is 10.1. The molecule has 0 atom stereocenters. The Morgan fingerprint density at radius 3 is 2.41 bits per heavy atom. The fourth-order valence-electron chi connectivity index (χ4n) is 2.99. The molecule has 1 N–H and O–H groups in total. The number of rotatable bonds is 7.